The Labute approximate surface area is 99.7 Å². The van der Waals surface area contributed by atoms with E-state index in [0.29, 0.717) is 11.5 Å². The molecule has 0 aromatic rings. The summed E-state index contributed by atoms with van der Waals surface area (Å²) in [5, 5.41) is 8.75. The summed E-state index contributed by atoms with van der Waals surface area (Å²) in [5.41, 5.74) is 0.479. The first kappa shape index (κ1) is 15.2. The van der Waals surface area contributed by atoms with E-state index in [1.165, 1.54) is 32.1 Å². The van der Waals surface area contributed by atoms with Crippen LogP contribution in [0.5, 0.6) is 0 Å². The average molecular weight is 226 g/mol. The van der Waals surface area contributed by atoms with Gasteiger partial charge in [0, 0.05) is 5.57 Å². The lowest BCUT2D eigenvalue weighted by Crippen LogP contribution is -2.01. The second-order valence-corrected chi connectivity index (χ2v) is 4.55. The lowest BCUT2D eigenvalue weighted by atomic mass is 9.94. The Morgan fingerprint density at radius 3 is 2.44 bits per heavy atom. The predicted molar refractivity (Wildman–Crippen MR) is 68.5 cm³/mol. The molecule has 0 rings (SSSR count). The Balaban J connectivity index is 3.83. The molecular formula is C14H26O2. The molecule has 0 heterocycles. The van der Waals surface area contributed by atoms with Crippen molar-refractivity contribution in [1.29, 1.82) is 0 Å². The maximum Gasteiger partial charge on any atom is 0.330 e. The normalized spacial score (nSPS) is 13.8. The van der Waals surface area contributed by atoms with Gasteiger partial charge in [0.1, 0.15) is 0 Å². The highest BCUT2D eigenvalue weighted by atomic mass is 16.4. The van der Waals surface area contributed by atoms with Crippen LogP contribution in [0.25, 0.3) is 0 Å². The summed E-state index contributed by atoms with van der Waals surface area (Å²) >= 11 is 0. The SMILES string of the molecule is CCCCCCC(CC)CC=C(C)C(=O)O. The first-order chi connectivity index (χ1) is 7.61. The van der Waals surface area contributed by atoms with Crippen LogP contribution in [0.3, 0.4) is 0 Å². The zero-order chi connectivity index (χ0) is 12.4. The van der Waals surface area contributed by atoms with E-state index in [4.69, 9.17) is 5.11 Å². The Bertz CT molecular complexity index is 219. The molecule has 0 aliphatic carbocycles. The second-order valence-electron chi connectivity index (χ2n) is 4.55. The van der Waals surface area contributed by atoms with E-state index in [1.54, 1.807) is 6.92 Å². The van der Waals surface area contributed by atoms with Crippen molar-refractivity contribution < 1.29 is 9.90 Å². The molecule has 0 saturated carbocycles. The first-order valence-electron chi connectivity index (χ1n) is 6.51. The second kappa shape index (κ2) is 9.44. The number of aliphatic carboxylic acids is 1. The van der Waals surface area contributed by atoms with Crippen molar-refractivity contribution in [1.82, 2.24) is 0 Å². The maximum absolute atomic E-state index is 10.6. The van der Waals surface area contributed by atoms with Gasteiger partial charge in [0.05, 0.1) is 0 Å². The number of unbranched alkanes of at least 4 members (excludes halogenated alkanes) is 3. The molecule has 1 atom stereocenters. The average Bonchev–Trinajstić information content (AvgIpc) is 2.27. The fraction of sp³-hybridized carbons (Fsp3) is 0.786. The Morgan fingerprint density at radius 2 is 1.94 bits per heavy atom. The fourth-order valence-electron chi connectivity index (χ4n) is 1.78. The molecule has 0 saturated heterocycles. The molecule has 1 unspecified atom stereocenters. The molecule has 2 nitrogen and oxygen atoms in total. The minimum atomic E-state index is -0.791. The van der Waals surface area contributed by atoms with Crippen LogP contribution in [-0.2, 0) is 4.79 Å². The van der Waals surface area contributed by atoms with Crippen LogP contribution in [-0.4, -0.2) is 11.1 Å². The van der Waals surface area contributed by atoms with E-state index < -0.39 is 5.97 Å². The van der Waals surface area contributed by atoms with Crippen molar-refractivity contribution in [2.45, 2.75) is 65.7 Å². The summed E-state index contributed by atoms with van der Waals surface area (Å²) < 4.78 is 0. The minimum Gasteiger partial charge on any atom is -0.478 e. The molecule has 94 valence electrons. The highest BCUT2D eigenvalue weighted by Crippen LogP contribution is 2.19. The quantitative estimate of drug-likeness (QED) is 0.467. The molecule has 0 fully saturated rings. The van der Waals surface area contributed by atoms with Crippen LogP contribution >= 0.6 is 0 Å². The molecule has 1 N–H and O–H groups in total. The number of rotatable bonds is 9. The van der Waals surface area contributed by atoms with Gasteiger partial charge in [-0.1, -0.05) is 58.4 Å². The summed E-state index contributed by atoms with van der Waals surface area (Å²) in [6.07, 6.45) is 10.4. The van der Waals surface area contributed by atoms with Gasteiger partial charge in [-0.15, -0.1) is 0 Å². The van der Waals surface area contributed by atoms with E-state index in [2.05, 4.69) is 13.8 Å². The summed E-state index contributed by atoms with van der Waals surface area (Å²) in [6.45, 7) is 6.08. The molecule has 16 heavy (non-hydrogen) atoms. The first-order valence-corrected chi connectivity index (χ1v) is 6.51. The van der Waals surface area contributed by atoms with E-state index in [1.807, 2.05) is 6.08 Å². The van der Waals surface area contributed by atoms with Gasteiger partial charge < -0.3 is 5.11 Å². The number of hydrogen-bond acceptors (Lipinski definition) is 1. The van der Waals surface area contributed by atoms with Gasteiger partial charge >= 0.3 is 5.97 Å². The largest absolute Gasteiger partial charge is 0.478 e. The molecule has 0 amide bonds. The van der Waals surface area contributed by atoms with E-state index >= 15 is 0 Å². The molecular weight excluding hydrogens is 200 g/mol. The van der Waals surface area contributed by atoms with Crippen LogP contribution in [0.4, 0.5) is 0 Å². The number of carboxylic acids is 1. The third kappa shape index (κ3) is 7.49. The van der Waals surface area contributed by atoms with Crippen LogP contribution in [0.1, 0.15) is 65.7 Å². The molecule has 2 heteroatoms. The van der Waals surface area contributed by atoms with E-state index in [9.17, 15) is 4.79 Å². The lowest BCUT2D eigenvalue weighted by molar-refractivity contribution is -0.132. The smallest absolute Gasteiger partial charge is 0.330 e. The van der Waals surface area contributed by atoms with Gasteiger partial charge in [-0.25, -0.2) is 4.79 Å². The van der Waals surface area contributed by atoms with E-state index in [0.717, 1.165) is 12.8 Å². The zero-order valence-electron chi connectivity index (χ0n) is 11.0. The van der Waals surface area contributed by atoms with Crippen molar-refractivity contribution >= 4 is 5.97 Å². The van der Waals surface area contributed by atoms with Crippen molar-refractivity contribution in [3.8, 4) is 0 Å². The van der Waals surface area contributed by atoms with Gasteiger partial charge in [-0.2, -0.15) is 0 Å². The van der Waals surface area contributed by atoms with Crippen molar-refractivity contribution in [3.63, 3.8) is 0 Å². The third-order valence-corrected chi connectivity index (χ3v) is 3.14. The molecule has 0 aliphatic rings. The van der Waals surface area contributed by atoms with Gasteiger partial charge in [-0.3, -0.25) is 0 Å². The summed E-state index contributed by atoms with van der Waals surface area (Å²) in [7, 11) is 0. The van der Waals surface area contributed by atoms with Crippen molar-refractivity contribution in [2.75, 3.05) is 0 Å². The Hall–Kier alpha value is -0.790. The van der Waals surface area contributed by atoms with Crippen LogP contribution in [0, 0.1) is 5.92 Å². The monoisotopic (exact) mass is 226 g/mol. The maximum atomic E-state index is 10.6. The number of carbonyl (C=O) groups is 1. The molecule has 0 radical (unpaired) electrons. The Morgan fingerprint density at radius 1 is 1.25 bits per heavy atom. The van der Waals surface area contributed by atoms with Crippen molar-refractivity contribution in [3.05, 3.63) is 11.6 Å². The number of allylic oxidation sites excluding steroid dienone is 1. The van der Waals surface area contributed by atoms with Gasteiger partial charge in [0.2, 0.25) is 0 Å². The molecule has 0 aromatic heterocycles. The van der Waals surface area contributed by atoms with Gasteiger partial charge in [0.15, 0.2) is 0 Å². The molecule has 0 aromatic carbocycles. The van der Waals surface area contributed by atoms with Crippen molar-refractivity contribution in [2.24, 2.45) is 5.92 Å². The molecule has 0 aliphatic heterocycles. The third-order valence-electron chi connectivity index (χ3n) is 3.14. The summed E-state index contributed by atoms with van der Waals surface area (Å²) in [5.74, 6) is -0.132. The zero-order valence-corrected chi connectivity index (χ0v) is 11.0. The highest BCUT2D eigenvalue weighted by Gasteiger charge is 2.06. The lowest BCUT2D eigenvalue weighted by Gasteiger charge is -2.12. The standard InChI is InChI=1S/C14H26O2/c1-4-6-7-8-9-13(5-2)11-10-12(3)14(15)16/h10,13H,4-9,11H2,1-3H3,(H,15,16). The predicted octanol–water partition coefficient (Wildman–Crippen LogP) is 4.40. The van der Waals surface area contributed by atoms with Gasteiger partial charge in [-0.05, 0) is 19.3 Å². The Kier molecular flexibility index (Phi) is 8.97. The molecule has 0 spiro atoms. The summed E-state index contributed by atoms with van der Waals surface area (Å²) in [4.78, 5) is 10.6. The van der Waals surface area contributed by atoms with E-state index in [-0.39, 0.29) is 0 Å². The number of hydrogen-bond donors (Lipinski definition) is 1. The van der Waals surface area contributed by atoms with Crippen LogP contribution in [0.2, 0.25) is 0 Å². The fourth-order valence-corrected chi connectivity index (χ4v) is 1.78. The number of carboxylic acid groups (broad SMARTS) is 1. The molecule has 0 bridgehead atoms. The van der Waals surface area contributed by atoms with Gasteiger partial charge in [0.25, 0.3) is 0 Å². The topological polar surface area (TPSA) is 37.3 Å². The summed E-state index contributed by atoms with van der Waals surface area (Å²) in [6, 6.07) is 0. The van der Waals surface area contributed by atoms with Crippen LogP contribution in [0.15, 0.2) is 11.6 Å². The minimum absolute atomic E-state index is 0.479. The van der Waals surface area contributed by atoms with Crippen LogP contribution < -0.4 is 0 Å². The highest BCUT2D eigenvalue weighted by molar-refractivity contribution is 5.85.